The van der Waals surface area contributed by atoms with Crippen molar-refractivity contribution in [1.82, 2.24) is 14.8 Å². The van der Waals surface area contributed by atoms with E-state index in [9.17, 15) is 4.79 Å². The molecule has 2 heterocycles. The highest BCUT2D eigenvalue weighted by atomic mass is 32.2. The van der Waals surface area contributed by atoms with E-state index in [0.717, 1.165) is 41.6 Å². The number of hydrogen-bond donors (Lipinski definition) is 1. The molecule has 1 aromatic carbocycles. The molecular formula is C19H20N4OS2. The summed E-state index contributed by atoms with van der Waals surface area (Å²) in [6, 6.07) is 11.7. The van der Waals surface area contributed by atoms with Gasteiger partial charge in [-0.2, -0.15) is 11.3 Å². The third-order valence-electron chi connectivity index (χ3n) is 4.39. The molecule has 3 aromatic rings. The van der Waals surface area contributed by atoms with Crippen LogP contribution in [0.5, 0.6) is 0 Å². The largest absolute Gasteiger partial charge is 0.325 e. The van der Waals surface area contributed by atoms with Crippen LogP contribution in [-0.2, 0) is 11.3 Å². The van der Waals surface area contributed by atoms with Crippen LogP contribution < -0.4 is 5.32 Å². The number of carbonyl (C=O) groups excluding carboxylic acids is 1. The summed E-state index contributed by atoms with van der Waals surface area (Å²) in [5.41, 5.74) is 1.91. The highest BCUT2D eigenvalue weighted by molar-refractivity contribution is 8.00. The van der Waals surface area contributed by atoms with Crippen LogP contribution in [0.25, 0.3) is 11.4 Å². The monoisotopic (exact) mass is 384 g/mol. The van der Waals surface area contributed by atoms with E-state index in [2.05, 4.69) is 38.5 Å². The first kappa shape index (κ1) is 17.3. The first-order valence-corrected chi connectivity index (χ1v) is 10.6. The Morgan fingerprint density at radius 2 is 2.12 bits per heavy atom. The number of thiophene rings is 1. The quantitative estimate of drug-likeness (QED) is 0.608. The summed E-state index contributed by atoms with van der Waals surface area (Å²) in [5, 5.41) is 16.6. The average molecular weight is 385 g/mol. The van der Waals surface area contributed by atoms with Crippen LogP contribution in [0.2, 0.25) is 0 Å². The molecule has 5 nitrogen and oxygen atoms in total. The Morgan fingerprint density at radius 1 is 1.31 bits per heavy atom. The van der Waals surface area contributed by atoms with Crippen LogP contribution in [0.1, 0.15) is 19.8 Å². The average Bonchev–Trinajstić information content (AvgIpc) is 3.19. The maximum atomic E-state index is 12.8. The summed E-state index contributed by atoms with van der Waals surface area (Å²) in [6.07, 6.45) is 2.19. The van der Waals surface area contributed by atoms with Gasteiger partial charge in [0.15, 0.2) is 11.0 Å². The van der Waals surface area contributed by atoms with Crippen molar-refractivity contribution in [1.29, 1.82) is 0 Å². The molecule has 1 fully saturated rings. The second kappa shape index (κ2) is 7.63. The van der Waals surface area contributed by atoms with E-state index in [-0.39, 0.29) is 11.2 Å². The van der Waals surface area contributed by atoms with Crippen molar-refractivity contribution in [3.63, 3.8) is 0 Å². The van der Waals surface area contributed by atoms with E-state index in [1.54, 1.807) is 11.3 Å². The molecular weight excluding hydrogens is 364 g/mol. The first-order valence-electron chi connectivity index (χ1n) is 8.74. The Morgan fingerprint density at radius 3 is 2.77 bits per heavy atom. The number of benzene rings is 1. The van der Waals surface area contributed by atoms with E-state index < -0.39 is 0 Å². The van der Waals surface area contributed by atoms with Crippen molar-refractivity contribution in [2.75, 3.05) is 5.32 Å². The van der Waals surface area contributed by atoms with Crippen molar-refractivity contribution in [3.05, 3.63) is 47.2 Å². The van der Waals surface area contributed by atoms with Gasteiger partial charge >= 0.3 is 0 Å². The number of nitrogens with one attached hydrogen (secondary N) is 1. The maximum absolute atomic E-state index is 12.8. The van der Waals surface area contributed by atoms with Gasteiger partial charge in [-0.25, -0.2) is 0 Å². The number of para-hydroxylation sites is 1. The minimum absolute atomic E-state index is 0.0476. The van der Waals surface area contributed by atoms with Gasteiger partial charge in [-0.1, -0.05) is 30.0 Å². The predicted molar refractivity (Wildman–Crippen MR) is 106 cm³/mol. The summed E-state index contributed by atoms with van der Waals surface area (Å²) >= 11 is 3.18. The molecule has 1 amide bonds. The van der Waals surface area contributed by atoms with Crippen molar-refractivity contribution in [2.24, 2.45) is 5.92 Å². The Labute approximate surface area is 160 Å². The van der Waals surface area contributed by atoms with E-state index in [4.69, 9.17) is 0 Å². The number of carbonyl (C=O) groups is 1. The maximum Gasteiger partial charge on any atom is 0.238 e. The molecule has 4 rings (SSSR count). The Bertz CT molecular complexity index is 872. The molecule has 7 heteroatoms. The molecule has 26 heavy (non-hydrogen) atoms. The standard InChI is InChI=1S/C19H20N4OS2/c1-2-23-17(14-10-11-25-12-14)21-22-19(23)26-16(13-8-9-13)18(24)20-15-6-4-3-5-7-15/h3-7,10-13,16H,2,8-9H2,1H3,(H,20,24). The Kier molecular flexibility index (Phi) is 5.08. The molecule has 1 saturated carbocycles. The molecule has 134 valence electrons. The number of anilines is 1. The fourth-order valence-corrected chi connectivity index (χ4v) is 4.80. The molecule has 1 atom stereocenters. The zero-order valence-corrected chi connectivity index (χ0v) is 16.1. The fourth-order valence-electron chi connectivity index (χ4n) is 2.88. The van der Waals surface area contributed by atoms with E-state index in [1.165, 1.54) is 11.8 Å². The molecule has 0 spiro atoms. The smallest absolute Gasteiger partial charge is 0.238 e. The number of hydrogen-bond acceptors (Lipinski definition) is 5. The fraction of sp³-hybridized carbons (Fsp3) is 0.316. The number of aromatic nitrogens is 3. The third kappa shape index (κ3) is 3.68. The highest BCUT2D eigenvalue weighted by Crippen LogP contribution is 2.42. The van der Waals surface area contributed by atoms with Gasteiger partial charge in [0.05, 0.1) is 5.25 Å². The Hall–Kier alpha value is -2.12. The summed E-state index contributed by atoms with van der Waals surface area (Å²) in [7, 11) is 0. The third-order valence-corrected chi connectivity index (χ3v) is 6.44. The van der Waals surface area contributed by atoms with Crippen molar-refractivity contribution in [3.8, 4) is 11.4 Å². The summed E-state index contributed by atoms with van der Waals surface area (Å²) in [5.74, 6) is 1.33. The minimum Gasteiger partial charge on any atom is -0.325 e. The van der Waals surface area contributed by atoms with Crippen molar-refractivity contribution < 1.29 is 4.79 Å². The van der Waals surface area contributed by atoms with Crippen LogP contribution in [0, 0.1) is 5.92 Å². The number of nitrogens with zero attached hydrogens (tertiary/aromatic N) is 3. The zero-order chi connectivity index (χ0) is 17.9. The van der Waals surface area contributed by atoms with Crippen LogP contribution in [0.15, 0.2) is 52.3 Å². The predicted octanol–water partition coefficient (Wildman–Crippen LogP) is 4.54. The van der Waals surface area contributed by atoms with E-state index in [1.807, 2.05) is 35.7 Å². The molecule has 1 aliphatic carbocycles. The normalized spacial score (nSPS) is 15.0. The number of amides is 1. The van der Waals surface area contributed by atoms with E-state index in [0.29, 0.717) is 5.92 Å². The molecule has 0 radical (unpaired) electrons. The van der Waals surface area contributed by atoms with Crippen molar-refractivity contribution >= 4 is 34.7 Å². The van der Waals surface area contributed by atoms with Crippen molar-refractivity contribution in [2.45, 2.75) is 36.7 Å². The van der Waals surface area contributed by atoms with Gasteiger partial charge in [-0.05, 0) is 49.3 Å². The molecule has 0 aliphatic heterocycles. The molecule has 1 unspecified atom stereocenters. The van der Waals surface area contributed by atoms with Crippen LogP contribution in [0.4, 0.5) is 5.69 Å². The first-order chi connectivity index (χ1) is 12.8. The molecule has 0 saturated heterocycles. The van der Waals surface area contributed by atoms with E-state index >= 15 is 0 Å². The lowest BCUT2D eigenvalue weighted by molar-refractivity contribution is -0.116. The zero-order valence-electron chi connectivity index (χ0n) is 14.5. The summed E-state index contributed by atoms with van der Waals surface area (Å²) < 4.78 is 2.10. The summed E-state index contributed by atoms with van der Waals surface area (Å²) in [6.45, 7) is 2.86. The molecule has 2 aromatic heterocycles. The SMILES string of the molecule is CCn1c(SC(C(=O)Nc2ccccc2)C2CC2)nnc1-c1ccsc1. The van der Waals surface area contributed by atoms with Gasteiger partial charge in [0.25, 0.3) is 0 Å². The molecule has 1 N–H and O–H groups in total. The van der Waals surface area contributed by atoms with Crippen LogP contribution in [0.3, 0.4) is 0 Å². The molecule has 1 aliphatic rings. The van der Waals surface area contributed by atoms with Gasteiger partial charge < -0.3 is 9.88 Å². The van der Waals surface area contributed by atoms with Gasteiger partial charge in [0.1, 0.15) is 0 Å². The van der Waals surface area contributed by atoms with Gasteiger partial charge in [-0.3, -0.25) is 4.79 Å². The topological polar surface area (TPSA) is 59.8 Å². The second-order valence-corrected chi connectivity index (χ2v) is 8.18. The molecule has 0 bridgehead atoms. The lowest BCUT2D eigenvalue weighted by atomic mass is 10.2. The number of rotatable bonds is 7. The van der Waals surface area contributed by atoms with Gasteiger partial charge in [0, 0.05) is 23.2 Å². The minimum atomic E-state index is -0.139. The van der Waals surface area contributed by atoms with Crippen LogP contribution >= 0.6 is 23.1 Å². The second-order valence-electron chi connectivity index (χ2n) is 6.29. The van der Waals surface area contributed by atoms with Crippen LogP contribution in [-0.4, -0.2) is 25.9 Å². The lowest BCUT2D eigenvalue weighted by Gasteiger charge is -2.16. The summed E-state index contributed by atoms with van der Waals surface area (Å²) in [4.78, 5) is 12.8. The Balaban J connectivity index is 1.55. The lowest BCUT2D eigenvalue weighted by Crippen LogP contribution is -2.27. The highest BCUT2D eigenvalue weighted by Gasteiger charge is 2.38. The van der Waals surface area contributed by atoms with Gasteiger partial charge in [0.2, 0.25) is 5.91 Å². The number of thioether (sulfide) groups is 1. The van der Waals surface area contributed by atoms with Gasteiger partial charge in [-0.15, -0.1) is 10.2 Å².